The fourth-order valence-corrected chi connectivity index (χ4v) is 3.22. The number of piperidine rings is 1. The summed E-state index contributed by atoms with van der Waals surface area (Å²) in [6.45, 7) is 2.47. The smallest absolute Gasteiger partial charge is 0.248 e. The normalized spacial score (nSPS) is 22.2. The van der Waals surface area contributed by atoms with E-state index >= 15 is 0 Å². The van der Waals surface area contributed by atoms with E-state index in [0.29, 0.717) is 13.0 Å². The molecule has 1 aliphatic carbocycles. The van der Waals surface area contributed by atoms with E-state index in [1.807, 2.05) is 30.3 Å². The minimum absolute atomic E-state index is 0.00980. The van der Waals surface area contributed by atoms with Gasteiger partial charge in [-0.3, -0.25) is 15.0 Å². The van der Waals surface area contributed by atoms with Gasteiger partial charge in [-0.15, -0.1) is 0 Å². The van der Waals surface area contributed by atoms with Gasteiger partial charge in [0.05, 0.1) is 17.4 Å². The van der Waals surface area contributed by atoms with Gasteiger partial charge < -0.3 is 4.74 Å². The largest absolute Gasteiger partial charge is 0.492 e. The summed E-state index contributed by atoms with van der Waals surface area (Å²) in [5.74, 6) is 0.848. The first kappa shape index (κ1) is 15.7. The second-order valence-corrected chi connectivity index (χ2v) is 6.07. The van der Waals surface area contributed by atoms with Gasteiger partial charge in [0, 0.05) is 6.08 Å². The van der Waals surface area contributed by atoms with Gasteiger partial charge in [-0.1, -0.05) is 36.8 Å². The van der Waals surface area contributed by atoms with E-state index in [0.717, 1.165) is 37.3 Å². The summed E-state index contributed by atoms with van der Waals surface area (Å²) >= 11 is 0. The van der Waals surface area contributed by atoms with Crippen LogP contribution in [0.1, 0.15) is 31.2 Å². The lowest BCUT2D eigenvalue weighted by Crippen LogP contribution is -2.42. The van der Waals surface area contributed by atoms with Crippen molar-refractivity contribution in [1.82, 2.24) is 4.90 Å². The maximum absolute atomic E-state index is 11.1. The first-order valence-electron chi connectivity index (χ1n) is 8.20. The minimum atomic E-state index is -0.276. The molecule has 1 unspecified atom stereocenters. The molecule has 1 aromatic rings. The predicted octanol–water partition coefficient (Wildman–Crippen LogP) is 3.51. The van der Waals surface area contributed by atoms with Crippen LogP contribution >= 0.6 is 0 Å². The van der Waals surface area contributed by atoms with Crippen molar-refractivity contribution in [2.24, 2.45) is 0 Å². The third kappa shape index (κ3) is 3.99. The van der Waals surface area contributed by atoms with Crippen molar-refractivity contribution in [2.45, 2.75) is 38.3 Å². The average molecular weight is 314 g/mol. The molecule has 1 heterocycles. The molecule has 1 saturated heterocycles. The Morgan fingerprint density at radius 1 is 1.13 bits per heavy atom. The number of nitro groups is 1. The maximum atomic E-state index is 11.1. The lowest BCUT2D eigenvalue weighted by Gasteiger charge is -2.36. The zero-order chi connectivity index (χ0) is 16.1. The van der Waals surface area contributed by atoms with E-state index < -0.39 is 0 Å². The number of ether oxygens (including phenoxy) is 1. The number of nitrogens with zero attached hydrogens (tertiary/aromatic N) is 2. The molecule has 5 heteroatoms. The van der Waals surface area contributed by atoms with Crippen molar-refractivity contribution in [3.05, 3.63) is 69.6 Å². The Balaban J connectivity index is 1.73. The lowest BCUT2D eigenvalue weighted by atomic mass is 9.99. The molecule has 0 aromatic heterocycles. The van der Waals surface area contributed by atoms with Crippen molar-refractivity contribution in [2.75, 3.05) is 13.1 Å². The number of hydrogen-bond donors (Lipinski definition) is 0. The van der Waals surface area contributed by atoms with Crippen LogP contribution in [0.2, 0.25) is 0 Å². The highest BCUT2D eigenvalue weighted by atomic mass is 16.6. The molecular weight excluding hydrogens is 292 g/mol. The van der Waals surface area contributed by atoms with Crippen molar-refractivity contribution < 1.29 is 9.66 Å². The monoisotopic (exact) mass is 314 g/mol. The van der Waals surface area contributed by atoms with Crippen molar-refractivity contribution in [1.29, 1.82) is 0 Å². The Hall–Kier alpha value is -2.14. The van der Waals surface area contributed by atoms with Crippen LogP contribution in [0.15, 0.2) is 53.9 Å². The van der Waals surface area contributed by atoms with E-state index in [-0.39, 0.29) is 16.7 Å². The highest BCUT2D eigenvalue weighted by Crippen LogP contribution is 2.28. The summed E-state index contributed by atoms with van der Waals surface area (Å²) in [5.41, 5.74) is 1.38. The highest BCUT2D eigenvalue weighted by Gasteiger charge is 2.32. The van der Waals surface area contributed by atoms with Crippen LogP contribution in [-0.2, 0) is 11.3 Å². The van der Waals surface area contributed by atoms with Gasteiger partial charge in [-0.2, -0.15) is 0 Å². The molecule has 0 radical (unpaired) electrons. The topological polar surface area (TPSA) is 55.6 Å². The molecule has 5 nitrogen and oxygen atoms in total. The molecule has 23 heavy (non-hydrogen) atoms. The number of benzene rings is 1. The molecular formula is C18H22N2O3. The lowest BCUT2D eigenvalue weighted by molar-refractivity contribution is -0.429. The quantitative estimate of drug-likeness (QED) is 0.616. The van der Waals surface area contributed by atoms with Crippen molar-refractivity contribution in [3.8, 4) is 0 Å². The third-order valence-electron chi connectivity index (χ3n) is 4.49. The first-order chi connectivity index (χ1) is 11.2. The zero-order valence-electron chi connectivity index (χ0n) is 13.2. The zero-order valence-corrected chi connectivity index (χ0v) is 13.2. The van der Waals surface area contributed by atoms with Gasteiger partial charge in [0.25, 0.3) is 0 Å². The first-order valence-corrected chi connectivity index (χ1v) is 8.20. The molecule has 3 rings (SSSR count). The van der Waals surface area contributed by atoms with Gasteiger partial charge in [0.15, 0.2) is 0 Å². The molecule has 1 aromatic carbocycles. The predicted molar refractivity (Wildman–Crippen MR) is 88.2 cm³/mol. The summed E-state index contributed by atoms with van der Waals surface area (Å²) in [5, 5.41) is 11.1. The van der Waals surface area contributed by atoms with Crippen molar-refractivity contribution in [3.63, 3.8) is 0 Å². The van der Waals surface area contributed by atoms with Crippen LogP contribution < -0.4 is 0 Å². The van der Waals surface area contributed by atoms with Gasteiger partial charge in [-0.25, -0.2) is 0 Å². The fourth-order valence-electron chi connectivity index (χ4n) is 3.22. The molecule has 1 fully saturated rings. The summed E-state index contributed by atoms with van der Waals surface area (Å²) in [7, 11) is 0. The molecule has 0 bridgehead atoms. The van der Waals surface area contributed by atoms with E-state index in [1.165, 1.54) is 6.42 Å². The van der Waals surface area contributed by atoms with Crippen LogP contribution in [0.3, 0.4) is 0 Å². The van der Waals surface area contributed by atoms with Crippen LogP contribution in [0, 0.1) is 10.1 Å². The van der Waals surface area contributed by atoms with E-state index in [4.69, 9.17) is 4.74 Å². The number of hydrogen-bond acceptors (Lipinski definition) is 4. The Bertz CT molecular complexity index is 604. The van der Waals surface area contributed by atoms with E-state index in [9.17, 15) is 10.1 Å². The molecule has 0 amide bonds. The summed E-state index contributed by atoms with van der Waals surface area (Å²) in [4.78, 5) is 13.2. The van der Waals surface area contributed by atoms with Gasteiger partial charge in [-0.05, 0) is 37.6 Å². The summed E-state index contributed by atoms with van der Waals surface area (Å²) < 4.78 is 6.02. The van der Waals surface area contributed by atoms with Crippen LogP contribution in [0.5, 0.6) is 0 Å². The second kappa shape index (κ2) is 7.42. The Labute approximate surface area is 136 Å². The Morgan fingerprint density at radius 2 is 1.87 bits per heavy atom. The van der Waals surface area contributed by atoms with Gasteiger partial charge >= 0.3 is 0 Å². The Morgan fingerprint density at radius 3 is 2.57 bits per heavy atom. The molecule has 0 spiro atoms. The maximum Gasteiger partial charge on any atom is 0.248 e. The summed E-state index contributed by atoms with van der Waals surface area (Å²) in [6, 6.07) is 9.99. The number of allylic oxidation sites excluding steroid dienone is 2. The summed E-state index contributed by atoms with van der Waals surface area (Å²) in [6.07, 6.45) is 7.34. The minimum Gasteiger partial charge on any atom is -0.492 e. The molecule has 122 valence electrons. The van der Waals surface area contributed by atoms with Gasteiger partial charge in [0.2, 0.25) is 5.70 Å². The fraction of sp³-hybridized carbons (Fsp3) is 0.444. The third-order valence-corrected chi connectivity index (χ3v) is 4.49. The average Bonchev–Trinajstić information content (AvgIpc) is 2.61. The molecule has 1 aliphatic heterocycles. The molecule has 0 N–H and O–H groups in total. The SMILES string of the molecule is O=[N+]([O-])C1=CC=C(OCc2ccccc2)C(N2CCCCC2)C1. The molecule has 1 atom stereocenters. The number of rotatable bonds is 5. The number of likely N-dealkylation sites (tertiary alicyclic amines) is 1. The van der Waals surface area contributed by atoms with Gasteiger partial charge in [0.1, 0.15) is 12.4 Å². The van der Waals surface area contributed by atoms with Crippen LogP contribution in [-0.4, -0.2) is 29.0 Å². The van der Waals surface area contributed by atoms with E-state index in [1.54, 1.807) is 12.2 Å². The van der Waals surface area contributed by atoms with Crippen LogP contribution in [0.25, 0.3) is 0 Å². The molecule has 2 aliphatic rings. The Kier molecular flexibility index (Phi) is 5.08. The second-order valence-electron chi connectivity index (χ2n) is 6.07. The standard InChI is InChI=1S/C18H22N2O3/c21-20(22)16-9-10-18(23-14-15-7-3-1-4-8-15)17(13-16)19-11-5-2-6-12-19/h1,3-4,7-10,17H,2,5-6,11-14H2. The molecule has 0 saturated carbocycles. The van der Waals surface area contributed by atoms with E-state index in [2.05, 4.69) is 4.90 Å². The van der Waals surface area contributed by atoms with Crippen molar-refractivity contribution >= 4 is 0 Å². The highest BCUT2D eigenvalue weighted by molar-refractivity contribution is 5.24. The van der Waals surface area contributed by atoms with Crippen LogP contribution in [0.4, 0.5) is 0 Å².